The Labute approximate surface area is 104 Å². The van der Waals surface area contributed by atoms with E-state index >= 15 is 0 Å². The molecule has 1 heterocycles. The van der Waals surface area contributed by atoms with E-state index in [1.165, 1.54) is 11.8 Å². The topological polar surface area (TPSA) is 57.8 Å². The van der Waals surface area contributed by atoms with Gasteiger partial charge in [-0.25, -0.2) is 4.98 Å². The highest BCUT2D eigenvalue weighted by atomic mass is 32.2. The Balaban J connectivity index is 1.71. The van der Waals surface area contributed by atoms with Crippen LogP contribution < -0.4 is 5.32 Å². The monoisotopic (exact) mass is 247 g/mol. The third kappa shape index (κ3) is 3.96. The number of imidazole rings is 1. The molecule has 2 rings (SSSR count). The smallest absolute Gasteiger partial charge is 0.230 e. The van der Waals surface area contributed by atoms with E-state index in [-0.39, 0.29) is 5.91 Å². The summed E-state index contributed by atoms with van der Waals surface area (Å²) in [5.41, 5.74) is 0. The minimum Gasteiger partial charge on any atom is -0.348 e. The van der Waals surface area contributed by atoms with Crippen LogP contribution in [0.25, 0.3) is 0 Å². The summed E-state index contributed by atoms with van der Waals surface area (Å²) in [5, 5.41) is 2.80. The number of nitrogens with zero attached hydrogens (tertiary/aromatic N) is 1. The maximum atomic E-state index is 11.5. The highest BCUT2D eigenvalue weighted by molar-refractivity contribution is 8.00. The maximum absolute atomic E-state index is 11.5. The highest BCUT2D eigenvalue weighted by Gasteiger charge is 2.03. The van der Waals surface area contributed by atoms with Gasteiger partial charge in [0.1, 0.15) is 5.82 Å². The number of H-pyrrole nitrogens is 1. The van der Waals surface area contributed by atoms with Crippen molar-refractivity contribution in [1.29, 1.82) is 0 Å². The van der Waals surface area contributed by atoms with Crippen molar-refractivity contribution >= 4 is 17.7 Å². The lowest BCUT2D eigenvalue weighted by Crippen LogP contribution is -2.25. The number of carbonyl (C=O) groups is 1. The minimum atomic E-state index is 0.00949. The van der Waals surface area contributed by atoms with E-state index in [2.05, 4.69) is 15.3 Å². The zero-order valence-corrected chi connectivity index (χ0v) is 10.0. The number of hydrogen-bond donors (Lipinski definition) is 2. The van der Waals surface area contributed by atoms with E-state index in [4.69, 9.17) is 0 Å². The number of rotatable bonds is 5. The van der Waals surface area contributed by atoms with Gasteiger partial charge in [0.2, 0.25) is 5.91 Å². The Morgan fingerprint density at radius 2 is 2.18 bits per heavy atom. The molecule has 0 saturated carbocycles. The maximum Gasteiger partial charge on any atom is 0.230 e. The quantitative estimate of drug-likeness (QED) is 0.792. The van der Waals surface area contributed by atoms with Crippen LogP contribution in [-0.2, 0) is 11.3 Å². The first-order chi connectivity index (χ1) is 8.34. The summed E-state index contributed by atoms with van der Waals surface area (Å²) in [7, 11) is 0. The number of benzene rings is 1. The summed E-state index contributed by atoms with van der Waals surface area (Å²) in [6.07, 6.45) is 3.40. The molecular formula is C12H13N3OS. The van der Waals surface area contributed by atoms with Crippen LogP contribution in [0.4, 0.5) is 0 Å². The van der Waals surface area contributed by atoms with Crippen LogP contribution in [0.5, 0.6) is 0 Å². The summed E-state index contributed by atoms with van der Waals surface area (Å²) >= 11 is 1.52. The predicted octanol–water partition coefficient (Wildman–Crippen LogP) is 1.82. The molecule has 0 fully saturated rings. The van der Waals surface area contributed by atoms with Gasteiger partial charge in [0.05, 0.1) is 12.3 Å². The molecule has 2 N–H and O–H groups in total. The van der Waals surface area contributed by atoms with Crippen LogP contribution in [0.3, 0.4) is 0 Å². The molecule has 0 bridgehead atoms. The lowest BCUT2D eigenvalue weighted by atomic mass is 10.4. The molecule has 4 nitrogen and oxygen atoms in total. The molecule has 0 aliphatic heterocycles. The second-order valence-corrected chi connectivity index (χ2v) is 4.46. The Morgan fingerprint density at radius 3 is 2.88 bits per heavy atom. The second-order valence-electron chi connectivity index (χ2n) is 3.41. The zero-order valence-electron chi connectivity index (χ0n) is 9.22. The molecule has 17 heavy (non-hydrogen) atoms. The van der Waals surface area contributed by atoms with Crippen molar-refractivity contribution in [2.45, 2.75) is 11.4 Å². The Kier molecular flexibility index (Phi) is 4.21. The van der Waals surface area contributed by atoms with Gasteiger partial charge in [0.25, 0.3) is 0 Å². The second kappa shape index (κ2) is 6.10. The summed E-state index contributed by atoms with van der Waals surface area (Å²) in [6, 6.07) is 9.86. The van der Waals surface area contributed by atoms with Gasteiger partial charge < -0.3 is 10.3 Å². The van der Waals surface area contributed by atoms with Crippen LogP contribution in [-0.4, -0.2) is 21.6 Å². The van der Waals surface area contributed by atoms with Gasteiger partial charge in [-0.1, -0.05) is 18.2 Å². The fourth-order valence-electron chi connectivity index (χ4n) is 1.29. The van der Waals surface area contributed by atoms with Crippen molar-refractivity contribution in [3.05, 3.63) is 48.5 Å². The van der Waals surface area contributed by atoms with E-state index in [9.17, 15) is 4.79 Å². The van der Waals surface area contributed by atoms with Gasteiger partial charge in [-0.05, 0) is 12.1 Å². The molecule has 0 unspecified atom stereocenters. The van der Waals surface area contributed by atoms with E-state index < -0.39 is 0 Å². The number of thioether (sulfide) groups is 1. The predicted molar refractivity (Wildman–Crippen MR) is 67.6 cm³/mol. The molecule has 0 aliphatic carbocycles. The first kappa shape index (κ1) is 11.7. The lowest BCUT2D eigenvalue weighted by Gasteiger charge is -2.03. The molecule has 1 amide bonds. The van der Waals surface area contributed by atoms with Crippen LogP contribution >= 0.6 is 11.8 Å². The highest BCUT2D eigenvalue weighted by Crippen LogP contribution is 2.16. The van der Waals surface area contributed by atoms with Gasteiger partial charge >= 0.3 is 0 Å². The molecule has 5 heteroatoms. The van der Waals surface area contributed by atoms with Gasteiger partial charge in [0.15, 0.2) is 0 Å². The Hall–Kier alpha value is -1.75. The normalized spacial score (nSPS) is 10.1. The van der Waals surface area contributed by atoms with E-state index in [1.807, 2.05) is 30.3 Å². The van der Waals surface area contributed by atoms with Crippen molar-refractivity contribution in [1.82, 2.24) is 15.3 Å². The molecule has 1 aromatic carbocycles. The third-order valence-corrected chi connectivity index (χ3v) is 3.13. The van der Waals surface area contributed by atoms with Gasteiger partial charge in [-0.3, -0.25) is 4.79 Å². The van der Waals surface area contributed by atoms with Crippen molar-refractivity contribution in [2.75, 3.05) is 5.75 Å². The number of hydrogen-bond acceptors (Lipinski definition) is 3. The number of carbonyl (C=O) groups excluding carboxylic acids is 1. The summed E-state index contributed by atoms with van der Waals surface area (Å²) < 4.78 is 0. The number of aromatic nitrogens is 2. The Morgan fingerprint density at radius 1 is 1.35 bits per heavy atom. The van der Waals surface area contributed by atoms with Gasteiger partial charge in [0, 0.05) is 17.3 Å². The molecular weight excluding hydrogens is 234 g/mol. The van der Waals surface area contributed by atoms with Crippen molar-refractivity contribution in [3.63, 3.8) is 0 Å². The summed E-state index contributed by atoms with van der Waals surface area (Å²) in [5.74, 6) is 1.20. The SMILES string of the molecule is O=C(CSc1ccccc1)NCc1ncc[nH]1. The molecule has 1 aromatic heterocycles. The third-order valence-electron chi connectivity index (χ3n) is 2.12. The molecule has 0 saturated heterocycles. The van der Waals surface area contributed by atoms with E-state index in [0.717, 1.165) is 10.7 Å². The average Bonchev–Trinajstić information content (AvgIpc) is 2.88. The fourth-order valence-corrected chi connectivity index (χ4v) is 2.04. The largest absolute Gasteiger partial charge is 0.348 e. The molecule has 0 radical (unpaired) electrons. The van der Waals surface area contributed by atoms with Crippen LogP contribution in [0.2, 0.25) is 0 Å². The number of amides is 1. The van der Waals surface area contributed by atoms with Crippen LogP contribution in [0.1, 0.15) is 5.82 Å². The summed E-state index contributed by atoms with van der Waals surface area (Å²) in [4.78, 5) is 19.6. The average molecular weight is 247 g/mol. The molecule has 88 valence electrons. The zero-order chi connectivity index (χ0) is 11.9. The molecule has 2 aromatic rings. The van der Waals surface area contributed by atoms with Crippen molar-refractivity contribution in [3.8, 4) is 0 Å². The lowest BCUT2D eigenvalue weighted by molar-refractivity contribution is -0.118. The molecule has 0 aliphatic rings. The molecule has 0 spiro atoms. The van der Waals surface area contributed by atoms with Gasteiger partial charge in [-0.2, -0.15) is 0 Å². The first-order valence-corrected chi connectivity index (χ1v) is 6.26. The minimum absolute atomic E-state index is 0.00949. The fraction of sp³-hybridized carbons (Fsp3) is 0.167. The number of nitrogens with one attached hydrogen (secondary N) is 2. The first-order valence-electron chi connectivity index (χ1n) is 5.27. The van der Waals surface area contributed by atoms with E-state index in [0.29, 0.717) is 12.3 Å². The van der Waals surface area contributed by atoms with Crippen molar-refractivity contribution in [2.24, 2.45) is 0 Å². The van der Waals surface area contributed by atoms with E-state index in [1.54, 1.807) is 12.4 Å². The summed E-state index contributed by atoms with van der Waals surface area (Å²) in [6.45, 7) is 0.446. The number of aromatic amines is 1. The molecule has 0 atom stereocenters. The van der Waals surface area contributed by atoms with Gasteiger partial charge in [-0.15, -0.1) is 11.8 Å². The standard InChI is InChI=1S/C12H13N3OS/c16-12(15-8-11-13-6-7-14-11)9-17-10-4-2-1-3-5-10/h1-7H,8-9H2,(H,13,14)(H,15,16). The Bertz CT molecular complexity index is 456. The van der Waals surface area contributed by atoms with Crippen LogP contribution in [0.15, 0.2) is 47.6 Å². The van der Waals surface area contributed by atoms with Crippen molar-refractivity contribution < 1.29 is 4.79 Å². The van der Waals surface area contributed by atoms with Crippen LogP contribution in [0, 0.1) is 0 Å².